The van der Waals surface area contributed by atoms with E-state index in [-0.39, 0.29) is 5.97 Å². The van der Waals surface area contributed by atoms with Gasteiger partial charge in [0.2, 0.25) is 0 Å². The van der Waals surface area contributed by atoms with E-state index in [4.69, 9.17) is 0 Å². The third kappa shape index (κ3) is 3.66. The van der Waals surface area contributed by atoms with E-state index >= 15 is 0 Å². The predicted molar refractivity (Wildman–Crippen MR) is 56.0 cm³/mol. The van der Waals surface area contributed by atoms with Crippen LogP contribution in [-0.4, -0.2) is 26.7 Å². The van der Waals surface area contributed by atoms with Gasteiger partial charge < -0.3 is 10.1 Å². The molecule has 0 radical (unpaired) electrons. The van der Waals surface area contributed by atoms with Crippen LogP contribution in [0.1, 0.15) is 32.1 Å². The molecule has 1 fully saturated rings. The zero-order chi connectivity index (χ0) is 10.4. The highest BCUT2D eigenvalue weighted by Gasteiger charge is 2.22. The molecule has 0 spiro atoms. The van der Waals surface area contributed by atoms with Gasteiger partial charge in [-0.25, -0.2) is 0 Å². The zero-order valence-electron chi connectivity index (χ0n) is 9.21. The minimum Gasteiger partial charge on any atom is -0.469 e. The molecule has 3 nitrogen and oxygen atoms in total. The second-order valence-corrected chi connectivity index (χ2v) is 4.22. The van der Waals surface area contributed by atoms with Crippen LogP contribution >= 0.6 is 0 Å². The highest BCUT2D eigenvalue weighted by molar-refractivity contribution is 5.69. The first-order valence-electron chi connectivity index (χ1n) is 5.47. The molecule has 1 rings (SSSR count). The molecule has 14 heavy (non-hydrogen) atoms. The molecular formula is C11H21NO2. The molecule has 0 bridgehead atoms. The molecule has 0 saturated heterocycles. The van der Waals surface area contributed by atoms with Crippen molar-refractivity contribution in [2.75, 3.05) is 20.7 Å². The summed E-state index contributed by atoms with van der Waals surface area (Å²) in [5, 5.41) is 3.21. The maximum atomic E-state index is 11.1. The minimum absolute atomic E-state index is 0.0536. The number of carbonyl (C=O) groups excluding carboxylic acids is 1. The van der Waals surface area contributed by atoms with Crippen LogP contribution in [0.15, 0.2) is 0 Å². The molecule has 1 aliphatic rings. The number of hydrogen-bond donors (Lipinski definition) is 1. The van der Waals surface area contributed by atoms with Gasteiger partial charge in [-0.1, -0.05) is 0 Å². The zero-order valence-corrected chi connectivity index (χ0v) is 9.21. The highest BCUT2D eigenvalue weighted by Crippen LogP contribution is 2.30. The first-order valence-corrected chi connectivity index (χ1v) is 5.47. The largest absolute Gasteiger partial charge is 0.469 e. The van der Waals surface area contributed by atoms with Crippen molar-refractivity contribution in [3.8, 4) is 0 Å². The van der Waals surface area contributed by atoms with Gasteiger partial charge >= 0.3 is 5.97 Å². The van der Waals surface area contributed by atoms with E-state index in [2.05, 4.69) is 10.1 Å². The van der Waals surface area contributed by atoms with Gasteiger partial charge in [0.05, 0.1) is 7.11 Å². The van der Waals surface area contributed by atoms with Crippen LogP contribution in [0.3, 0.4) is 0 Å². The molecule has 0 atom stereocenters. The molecule has 82 valence electrons. The lowest BCUT2D eigenvalue weighted by Gasteiger charge is -2.27. The molecule has 0 aromatic carbocycles. The summed E-state index contributed by atoms with van der Waals surface area (Å²) >= 11 is 0. The lowest BCUT2D eigenvalue weighted by Crippen LogP contribution is -2.25. The summed E-state index contributed by atoms with van der Waals surface area (Å²) in [6, 6.07) is 0. The number of carbonyl (C=O) groups is 1. The standard InChI is InChI=1S/C11H21NO2/c1-12-8-10-5-3-9(4-6-10)7-11(13)14-2/h9-10,12H,3-8H2,1-2H3/t9-,10-. The summed E-state index contributed by atoms with van der Waals surface area (Å²) in [4.78, 5) is 11.1. The molecule has 0 aliphatic heterocycles. The predicted octanol–water partition coefficient (Wildman–Crippen LogP) is 1.58. The number of methoxy groups -OCH3 is 1. The van der Waals surface area contributed by atoms with Crippen molar-refractivity contribution in [3.05, 3.63) is 0 Å². The summed E-state index contributed by atoms with van der Waals surface area (Å²) in [6.45, 7) is 1.12. The van der Waals surface area contributed by atoms with Crippen LogP contribution in [0.4, 0.5) is 0 Å². The minimum atomic E-state index is -0.0536. The van der Waals surface area contributed by atoms with Crippen LogP contribution in [0, 0.1) is 11.8 Å². The normalized spacial score (nSPS) is 27.3. The number of ether oxygens (including phenoxy) is 1. The third-order valence-electron chi connectivity index (χ3n) is 3.14. The molecule has 0 aromatic heterocycles. The molecule has 0 aromatic rings. The average molecular weight is 199 g/mol. The van der Waals surface area contributed by atoms with E-state index in [0.29, 0.717) is 12.3 Å². The van der Waals surface area contributed by atoms with E-state index in [0.717, 1.165) is 12.5 Å². The van der Waals surface area contributed by atoms with Gasteiger partial charge in [0.15, 0.2) is 0 Å². The average Bonchev–Trinajstić information content (AvgIpc) is 2.21. The molecule has 3 heteroatoms. The quantitative estimate of drug-likeness (QED) is 0.698. The van der Waals surface area contributed by atoms with Gasteiger partial charge in [-0.15, -0.1) is 0 Å². The Balaban J connectivity index is 2.18. The topological polar surface area (TPSA) is 38.3 Å². The molecule has 0 unspecified atom stereocenters. The van der Waals surface area contributed by atoms with Crippen molar-refractivity contribution >= 4 is 5.97 Å². The molecule has 1 aliphatic carbocycles. The van der Waals surface area contributed by atoms with Gasteiger partial charge in [-0.05, 0) is 51.1 Å². The van der Waals surface area contributed by atoms with E-state index in [1.165, 1.54) is 32.8 Å². The van der Waals surface area contributed by atoms with Crippen LogP contribution in [0.5, 0.6) is 0 Å². The Kier molecular flexibility index (Phi) is 4.94. The van der Waals surface area contributed by atoms with E-state index in [9.17, 15) is 4.79 Å². The van der Waals surface area contributed by atoms with E-state index in [1.807, 2.05) is 7.05 Å². The fraction of sp³-hybridized carbons (Fsp3) is 0.909. The molecule has 1 N–H and O–H groups in total. The van der Waals surface area contributed by atoms with Gasteiger partial charge in [-0.2, -0.15) is 0 Å². The molecule has 1 saturated carbocycles. The van der Waals surface area contributed by atoms with Crippen molar-refractivity contribution in [1.82, 2.24) is 5.32 Å². The second kappa shape index (κ2) is 6.02. The number of hydrogen-bond acceptors (Lipinski definition) is 3. The Hall–Kier alpha value is -0.570. The summed E-state index contributed by atoms with van der Waals surface area (Å²) in [5.41, 5.74) is 0. The first kappa shape index (κ1) is 11.5. The SMILES string of the molecule is CNC[C@H]1CC[C@H](CC(=O)OC)CC1. The maximum absolute atomic E-state index is 11.1. The van der Waals surface area contributed by atoms with Crippen LogP contribution in [0.25, 0.3) is 0 Å². The van der Waals surface area contributed by atoms with Crippen molar-refractivity contribution in [2.24, 2.45) is 11.8 Å². The Morgan fingerprint density at radius 3 is 2.36 bits per heavy atom. The lowest BCUT2D eigenvalue weighted by molar-refractivity contribution is -0.142. The maximum Gasteiger partial charge on any atom is 0.305 e. The van der Waals surface area contributed by atoms with Crippen LogP contribution in [-0.2, 0) is 9.53 Å². The van der Waals surface area contributed by atoms with E-state index in [1.54, 1.807) is 0 Å². The molecule has 0 heterocycles. The van der Waals surface area contributed by atoms with Gasteiger partial charge in [0.1, 0.15) is 0 Å². The molecular weight excluding hydrogens is 178 g/mol. The van der Waals surface area contributed by atoms with E-state index < -0.39 is 0 Å². The number of rotatable bonds is 4. The van der Waals surface area contributed by atoms with Gasteiger partial charge in [0.25, 0.3) is 0 Å². The Labute approximate surface area is 86.2 Å². The van der Waals surface area contributed by atoms with Gasteiger partial charge in [-0.3, -0.25) is 4.79 Å². The fourth-order valence-electron chi connectivity index (χ4n) is 2.25. The van der Waals surface area contributed by atoms with Crippen molar-refractivity contribution in [3.63, 3.8) is 0 Å². The summed E-state index contributed by atoms with van der Waals surface area (Å²) < 4.78 is 4.68. The lowest BCUT2D eigenvalue weighted by atomic mass is 9.80. The molecule has 0 amide bonds. The van der Waals surface area contributed by atoms with Crippen molar-refractivity contribution in [2.45, 2.75) is 32.1 Å². The number of nitrogens with one attached hydrogen (secondary N) is 1. The smallest absolute Gasteiger partial charge is 0.305 e. The van der Waals surface area contributed by atoms with Gasteiger partial charge in [0, 0.05) is 6.42 Å². The van der Waals surface area contributed by atoms with Crippen LogP contribution in [0.2, 0.25) is 0 Å². The van der Waals surface area contributed by atoms with Crippen molar-refractivity contribution in [1.29, 1.82) is 0 Å². The Bertz CT molecular complexity index is 174. The monoisotopic (exact) mass is 199 g/mol. The van der Waals surface area contributed by atoms with Crippen LogP contribution < -0.4 is 5.32 Å². The fourth-order valence-corrected chi connectivity index (χ4v) is 2.25. The summed E-state index contributed by atoms with van der Waals surface area (Å²) in [7, 11) is 3.47. The summed E-state index contributed by atoms with van der Waals surface area (Å²) in [5.74, 6) is 1.33. The second-order valence-electron chi connectivity index (χ2n) is 4.22. The number of esters is 1. The first-order chi connectivity index (χ1) is 6.76. The van der Waals surface area contributed by atoms with Crippen molar-refractivity contribution < 1.29 is 9.53 Å². The Morgan fingerprint density at radius 1 is 1.29 bits per heavy atom. The summed E-state index contributed by atoms with van der Waals surface area (Å²) in [6.07, 6.45) is 5.48. The Morgan fingerprint density at radius 2 is 1.86 bits per heavy atom. The third-order valence-corrected chi connectivity index (χ3v) is 3.14. The highest BCUT2D eigenvalue weighted by atomic mass is 16.5.